The lowest BCUT2D eigenvalue weighted by atomic mass is 10.1. The van der Waals surface area contributed by atoms with Gasteiger partial charge >= 0.3 is 5.97 Å². The number of aromatic nitrogens is 2. The van der Waals surface area contributed by atoms with Crippen molar-refractivity contribution < 1.29 is 19.1 Å². The molecular weight excluding hydrogens is 396 g/mol. The Morgan fingerprint density at radius 1 is 1.03 bits per heavy atom. The molecule has 0 fully saturated rings. The van der Waals surface area contributed by atoms with E-state index in [1.165, 1.54) is 13.1 Å². The third-order valence-electron chi connectivity index (χ3n) is 4.61. The summed E-state index contributed by atoms with van der Waals surface area (Å²) in [4.78, 5) is 35.5. The number of anilines is 1. The normalized spacial score (nSPS) is 10.4. The largest absolute Gasteiger partial charge is 0.462 e. The predicted molar refractivity (Wildman–Crippen MR) is 116 cm³/mol. The number of carbonyl (C=O) groups excluding carboxylic acids is 3. The molecule has 8 heteroatoms. The van der Waals surface area contributed by atoms with E-state index >= 15 is 0 Å². The molecule has 160 valence electrons. The first kappa shape index (κ1) is 21.8. The highest BCUT2D eigenvalue weighted by atomic mass is 16.5. The Kier molecular flexibility index (Phi) is 6.81. The van der Waals surface area contributed by atoms with Gasteiger partial charge in [-0.25, -0.2) is 9.48 Å². The van der Waals surface area contributed by atoms with Gasteiger partial charge in [-0.1, -0.05) is 12.1 Å². The van der Waals surface area contributed by atoms with Crippen molar-refractivity contribution in [1.29, 1.82) is 0 Å². The number of hydrogen-bond acceptors (Lipinski definition) is 5. The minimum atomic E-state index is -0.410. The summed E-state index contributed by atoms with van der Waals surface area (Å²) in [5.74, 6) is -0.749. The Balaban J connectivity index is 1.63. The van der Waals surface area contributed by atoms with E-state index in [0.717, 1.165) is 11.3 Å². The van der Waals surface area contributed by atoms with Gasteiger partial charge in [0.15, 0.2) is 0 Å². The molecular formula is C23H24N4O4. The molecule has 2 amide bonds. The number of nitrogens with zero attached hydrogens (tertiary/aromatic N) is 2. The van der Waals surface area contributed by atoms with Crippen molar-refractivity contribution in [3.8, 4) is 5.69 Å². The highest BCUT2D eigenvalue weighted by Gasteiger charge is 2.16. The number of rotatable bonds is 7. The number of ether oxygens (including phenoxy) is 1. The maximum Gasteiger partial charge on any atom is 0.341 e. The van der Waals surface area contributed by atoms with Crippen molar-refractivity contribution >= 4 is 23.5 Å². The summed E-state index contributed by atoms with van der Waals surface area (Å²) in [6, 6.07) is 14.2. The van der Waals surface area contributed by atoms with Gasteiger partial charge in [-0.3, -0.25) is 9.59 Å². The van der Waals surface area contributed by atoms with E-state index in [9.17, 15) is 14.4 Å². The Morgan fingerprint density at radius 2 is 1.71 bits per heavy atom. The molecule has 0 aliphatic rings. The minimum absolute atomic E-state index is 0.132. The van der Waals surface area contributed by atoms with Gasteiger partial charge in [0, 0.05) is 24.7 Å². The number of benzene rings is 2. The molecule has 0 aliphatic heterocycles. The van der Waals surface area contributed by atoms with Gasteiger partial charge in [-0.2, -0.15) is 5.10 Å². The van der Waals surface area contributed by atoms with Gasteiger partial charge in [0.25, 0.3) is 5.91 Å². The predicted octanol–water partition coefficient (Wildman–Crippen LogP) is 3.25. The van der Waals surface area contributed by atoms with E-state index in [2.05, 4.69) is 15.7 Å². The van der Waals surface area contributed by atoms with Crippen molar-refractivity contribution in [1.82, 2.24) is 15.1 Å². The van der Waals surface area contributed by atoms with Gasteiger partial charge in [0.1, 0.15) is 5.56 Å². The van der Waals surface area contributed by atoms with Gasteiger partial charge in [0.2, 0.25) is 5.91 Å². The van der Waals surface area contributed by atoms with Crippen LogP contribution in [-0.2, 0) is 16.1 Å². The maximum atomic E-state index is 12.5. The first-order chi connectivity index (χ1) is 14.9. The molecule has 0 saturated heterocycles. The van der Waals surface area contributed by atoms with E-state index in [-0.39, 0.29) is 11.8 Å². The summed E-state index contributed by atoms with van der Waals surface area (Å²) in [6.45, 7) is 5.65. The molecule has 0 aliphatic carbocycles. The number of amides is 2. The fourth-order valence-electron chi connectivity index (χ4n) is 3.03. The van der Waals surface area contributed by atoms with E-state index < -0.39 is 5.97 Å². The van der Waals surface area contributed by atoms with Gasteiger partial charge < -0.3 is 15.4 Å². The highest BCUT2D eigenvalue weighted by molar-refractivity contribution is 5.94. The Morgan fingerprint density at radius 3 is 2.32 bits per heavy atom. The zero-order valence-corrected chi connectivity index (χ0v) is 17.6. The summed E-state index contributed by atoms with van der Waals surface area (Å²) in [5.41, 5.74) is 3.94. The average molecular weight is 420 g/mol. The van der Waals surface area contributed by atoms with Crippen molar-refractivity contribution in [2.24, 2.45) is 0 Å². The van der Waals surface area contributed by atoms with Crippen molar-refractivity contribution in [3.05, 3.63) is 77.1 Å². The SMILES string of the molecule is CCOC(=O)c1cnn(-c2ccc(C(=O)NCc3ccc(NC(C)=O)cc3)cc2)c1C. The van der Waals surface area contributed by atoms with Crippen LogP contribution in [0.3, 0.4) is 0 Å². The molecule has 0 atom stereocenters. The lowest BCUT2D eigenvalue weighted by Crippen LogP contribution is -2.22. The van der Waals surface area contributed by atoms with Crippen LogP contribution < -0.4 is 10.6 Å². The molecule has 31 heavy (non-hydrogen) atoms. The van der Waals surface area contributed by atoms with Crippen molar-refractivity contribution in [2.45, 2.75) is 27.3 Å². The molecule has 2 N–H and O–H groups in total. The van der Waals surface area contributed by atoms with E-state index in [0.29, 0.717) is 35.7 Å². The first-order valence-electron chi connectivity index (χ1n) is 9.86. The lowest BCUT2D eigenvalue weighted by molar-refractivity contribution is -0.114. The van der Waals surface area contributed by atoms with Crippen LogP contribution in [0.4, 0.5) is 5.69 Å². The highest BCUT2D eigenvalue weighted by Crippen LogP contribution is 2.16. The van der Waals surface area contributed by atoms with Crippen LogP contribution in [0.1, 0.15) is 45.8 Å². The summed E-state index contributed by atoms with van der Waals surface area (Å²) >= 11 is 0. The first-order valence-corrected chi connectivity index (χ1v) is 9.86. The summed E-state index contributed by atoms with van der Waals surface area (Å²) in [5, 5.41) is 9.82. The Bertz CT molecular complexity index is 1090. The quantitative estimate of drug-likeness (QED) is 0.571. The van der Waals surface area contributed by atoms with E-state index in [1.54, 1.807) is 54.9 Å². The van der Waals surface area contributed by atoms with Crippen LogP contribution in [0.2, 0.25) is 0 Å². The second kappa shape index (κ2) is 9.71. The monoisotopic (exact) mass is 420 g/mol. The van der Waals surface area contributed by atoms with Gasteiger partial charge in [-0.15, -0.1) is 0 Å². The third kappa shape index (κ3) is 5.36. The standard InChI is InChI=1S/C23H24N4O4/c1-4-31-23(30)21-14-25-27(15(21)2)20-11-7-18(8-12-20)22(29)24-13-17-5-9-19(10-6-17)26-16(3)28/h5-12,14H,4,13H2,1-3H3,(H,24,29)(H,26,28). The second-order valence-corrected chi connectivity index (χ2v) is 6.88. The van der Waals surface area contributed by atoms with Crippen LogP contribution in [0.15, 0.2) is 54.7 Å². The van der Waals surface area contributed by atoms with Crippen LogP contribution in [0.25, 0.3) is 5.69 Å². The summed E-state index contributed by atoms with van der Waals surface area (Å²) < 4.78 is 6.66. The zero-order valence-electron chi connectivity index (χ0n) is 17.6. The Hall–Kier alpha value is -3.94. The molecule has 2 aromatic carbocycles. The molecule has 0 unspecified atom stereocenters. The summed E-state index contributed by atoms with van der Waals surface area (Å²) in [6.07, 6.45) is 1.48. The zero-order chi connectivity index (χ0) is 22.4. The van der Waals surface area contributed by atoms with E-state index in [4.69, 9.17) is 4.74 Å². The molecule has 1 heterocycles. The fraction of sp³-hybridized carbons (Fsp3) is 0.217. The number of hydrogen-bond donors (Lipinski definition) is 2. The minimum Gasteiger partial charge on any atom is -0.462 e. The third-order valence-corrected chi connectivity index (χ3v) is 4.61. The van der Waals surface area contributed by atoms with Crippen molar-refractivity contribution in [3.63, 3.8) is 0 Å². The second-order valence-electron chi connectivity index (χ2n) is 6.88. The number of nitrogens with one attached hydrogen (secondary N) is 2. The molecule has 8 nitrogen and oxygen atoms in total. The van der Waals surface area contributed by atoms with Crippen LogP contribution in [-0.4, -0.2) is 34.2 Å². The smallest absolute Gasteiger partial charge is 0.341 e. The van der Waals surface area contributed by atoms with Gasteiger partial charge in [0.05, 0.1) is 24.2 Å². The molecule has 0 bridgehead atoms. The summed E-state index contributed by atoms with van der Waals surface area (Å²) in [7, 11) is 0. The van der Waals surface area contributed by atoms with E-state index in [1.807, 2.05) is 12.1 Å². The number of carbonyl (C=O) groups is 3. The van der Waals surface area contributed by atoms with Crippen LogP contribution >= 0.6 is 0 Å². The molecule has 0 saturated carbocycles. The molecule has 3 aromatic rings. The molecule has 0 spiro atoms. The lowest BCUT2D eigenvalue weighted by Gasteiger charge is -2.09. The van der Waals surface area contributed by atoms with Crippen LogP contribution in [0, 0.1) is 6.92 Å². The topological polar surface area (TPSA) is 102 Å². The van der Waals surface area contributed by atoms with Crippen molar-refractivity contribution in [2.75, 3.05) is 11.9 Å². The fourth-order valence-corrected chi connectivity index (χ4v) is 3.03. The van der Waals surface area contributed by atoms with Gasteiger partial charge in [-0.05, 0) is 55.8 Å². The molecule has 0 radical (unpaired) electrons. The van der Waals surface area contributed by atoms with Crippen LogP contribution in [0.5, 0.6) is 0 Å². The molecule has 3 rings (SSSR count). The number of esters is 1. The Labute approximate surface area is 180 Å². The molecule has 1 aromatic heterocycles. The maximum absolute atomic E-state index is 12.5. The average Bonchev–Trinajstić information content (AvgIpc) is 3.14.